The fraction of sp³-hybridized carbons (Fsp3) is 0.130. The number of aryl methyl sites for hydroxylation is 1. The van der Waals surface area contributed by atoms with Crippen molar-refractivity contribution in [2.45, 2.75) is 13.5 Å². The molecule has 0 unspecified atom stereocenters. The summed E-state index contributed by atoms with van der Waals surface area (Å²) in [6.07, 6.45) is 1.61. The summed E-state index contributed by atoms with van der Waals surface area (Å²) < 4.78 is 12.1. The molecule has 2 heterocycles. The van der Waals surface area contributed by atoms with Crippen LogP contribution in [0.2, 0.25) is 0 Å². The Morgan fingerprint density at radius 3 is 2.45 bits per heavy atom. The van der Waals surface area contributed by atoms with E-state index in [9.17, 15) is 9.59 Å². The number of methoxy groups -OCH3 is 1. The Morgan fingerprint density at radius 2 is 1.76 bits per heavy atom. The molecule has 0 aliphatic carbocycles. The van der Waals surface area contributed by atoms with Crippen molar-refractivity contribution in [3.63, 3.8) is 0 Å². The number of carbonyl (C=O) groups is 2. The number of carbonyl (C=O) groups excluding carboxylic acids is 2. The van der Waals surface area contributed by atoms with Crippen molar-refractivity contribution in [1.82, 2.24) is 4.57 Å². The van der Waals surface area contributed by atoms with Crippen LogP contribution in [0.15, 0.2) is 71.3 Å². The zero-order valence-corrected chi connectivity index (χ0v) is 16.1. The third-order valence-corrected chi connectivity index (χ3v) is 4.78. The highest BCUT2D eigenvalue weighted by Crippen LogP contribution is 2.24. The first-order valence-corrected chi connectivity index (χ1v) is 9.17. The lowest BCUT2D eigenvalue weighted by molar-refractivity contribution is 0.0600. The standard InChI is InChI=1S/C23H20N2O4/c1-15-3-5-16(6-4-15)14-25-19-11-12-29-21(19)13-20(25)22(26)24-18-9-7-17(8-10-18)23(27)28-2/h3-13H,14H2,1-2H3,(H,24,26). The van der Waals surface area contributed by atoms with Crippen molar-refractivity contribution in [3.05, 3.63) is 89.3 Å². The molecular formula is C23H20N2O4. The number of aromatic nitrogens is 1. The summed E-state index contributed by atoms with van der Waals surface area (Å²) in [4.78, 5) is 24.5. The molecule has 0 saturated heterocycles. The molecule has 0 saturated carbocycles. The molecule has 6 heteroatoms. The quantitative estimate of drug-likeness (QED) is 0.506. The van der Waals surface area contributed by atoms with E-state index in [1.165, 1.54) is 12.7 Å². The summed E-state index contributed by atoms with van der Waals surface area (Å²) in [7, 11) is 1.33. The van der Waals surface area contributed by atoms with E-state index in [0.29, 0.717) is 29.1 Å². The molecule has 146 valence electrons. The van der Waals surface area contributed by atoms with Gasteiger partial charge in [0.2, 0.25) is 0 Å². The number of ether oxygens (including phenoxy) is 1. The van der Waals surface area contributed by atoms with E-state index in [1.54, 1.807) is 36.6 Å². The molecule has 4 aromatic rings. The van der Waals surface area contributed by atoms with Crippen LogP contribution >= 0.6 is 0 Å². The third-order valence-electron chi connectivity index (χ3n) is 4.78. The topological polar surface area (TPSA) is 73.5 Å². The lowest BCUT2D eigenvalue weighted by Crippen LogP contribution is -2.17. The lowest BCUT2D eigenvalue weighted by atomic mass is 10.1. The number of anilines is 1. The van der Waals surface area contributed by atoms with E-state index in [4.69, 9.17) is 9.15 Å². The first kappa shape index (κ1) is 18.6. The molecule has 29 heavy (non-hydrogen) atoms. The molecule has 0 aliphatic rings. The van der Waals surface area contributed by atoms with Crippen LogP contribution < -0.4 is 5.32 Å². The maximum Gasteiger partial charge on any atom is 0.337 e. The first-order valence-electron chi connectivity index (χ1n) is 9.17. The highest BCUT2D eigenvalue weighted by molar-refractivity contribution is 6.06. The van der Waals surface area contributed by atoms with Gasteiger partial charge >= 0.3 is 5.97 Å². The van der Waals surface area contributed by atoms with Crippen LogP contribution in [-0.4, -0.2) is 23.6 Å². The fourth-order valence-electron chi connectivity index (χ4n) is 3.21. The van der Waals surface area contributed by atoms with Gasteiger partial charge in [-0.05, 0) is 36.8 Å². The SMILES string of the molecule is COC(=O)c1ccc(NC(=O)c2cc3occc3n2Cc2ccc(C)cc2)cc1. The summed E-state index contributed by atoms with van der Waals surface area (Å²) >= 11 is 0. The van der Waals surface area contributed by atoms with Crippen LogP contribution in [0.1, 0.15) is 32.0 Å². The smallest absolute Gasteiger partial charge is 0.337 e. The largest absolute Gasteiger partial charge is 0.465 e. The summed E-state index contributed by atoms with van der Waals surface area (Å²) in [5, 5.41) is 2.87. The van der Waals surface area contributed by atoms with Gasteiger partial charge < -0.3 is 19.0 Å². The van der Waals surface area contributed by atoms with E-state index in [0.717, 1.165) is 11.1 Å². The molecule has 0 spiro atoms. The summed E-state index contributed by atoms with van der Waals surface area (Å²) in [6.45, 7) is 2.59. The molecule has 2 aromatic heterocycles. The van der Waals surface area contributed by atoms with Crippen molar-refractivity contribution < 1.29 is 18.7 Å². The van der Waals surface area contributed by atoms with Gasteiger partial charge in [-0.3, -0.25) is 4.79 Å². The van der Waals surface area contributed by atoms with Crippen LogP contribution in [-0.2, 0) is 11.3 Å². The predicted octanol–water partition coefficient (Wildman–Crippen LogP) is 4.63. The minimum absolute atomic E-state index is 0.255. The lowest BCUT2D eigenvalue weighted by Gasteiger charge is -2.11. The molecule has 6 nitrogen and oxygen atoms in total. The zero-order chi connectivity index (χ0) is 20.4. The number of fused-ring (bicyclic) bond motifs is 1. The predicted molar refractivity (Wildman–Crippen MR) is 110 cm³/mol. The number of nitrogens with one attached hydrogen (secondary N) is 1. The first-order chi connectivity index (χ1) is 14.0. The van der Waals surface area contributed by atoms with Crippen LogP contribution in [0.25, 0.3) is 11.1 Å². The maximum atomic E-state index is 13.0. The Balaban J connectivity index is 1.61. The maximum absolute atomic E-state index is 13.0. The molecule has 4 rings (SSSR count). The number of rotatable bonds is 5. The Kier molecular flexibility index (Phi) is 4.91. The fourth-order valence-corrected chi connectivity index (χ4v) is 3.21. The van der Waals surface area contributed by atoms with Crippen molar-refractivity contribution in [3.8, 4) is 0 Å². The van der Waals surface area contributed by atoms with Crippen LogP contribution in [0.5, 0.6) is 0 Å². The molecule has 2 aromatic carbocycles. The number of esters is 1. The van der Waals surface area contributed by atoms with E-state index >= 15 is 0 Å². The normalized spacial score (nSPS) is 10.8. The van der Waals surface area contributed by atoms with Crippen LogP contribution in [0.4, 0.5) is 5.69 Å². The van der Waals surface area contributed by atoms with E-state index in [2.05, 4.69) is 17.4 Å². The minimum Gasteiger partial charge on any atom is -0.465 e. The van der Waals surface area contributed by atoms with Gasteiger partial charge in [-0.2, -0.15) is 0 Å². The number of amides is 1. The molecule has 0 bridgehead atoms. The number of hydrogen-bond donors (Lipinski definition) is 1. The molecule has 0 aliphatic heterocycles. The van der Waals surface area contributed by atoms with E-state index in [-0.39, 0.29) is 5.91 Å². The zero-order valence-electron chi connectivity index (χ0n) is 16.1. The van der Waals surface area contributed by atoms with Crippen LogP contribution in [0, 0.1) is 6.92 Å². The third kappa shape index (κ3) is 3.78. The highest BCUT2D eigenvalue weighted by Gasteiger charge is 2.18. The Bertz CT molecular complexity index is 1170. The number of hydrogen-bond acceptors (Lipinski definition) is 4. The van der Waals surface area contributed by atoms with Gasteiger partial charge in [-0.1, -0.05) is 29.8 Å². The van der Waals surface area contributed by atoms with E-state index < -0.39 is 5.97 Å². The second kappa shape index (κ2) is 7.67. The molecule has 0 atom stereocenters. The van der Waals surface area contributed by atoms with Gasteiger partial charge in [0.05, 0.1) is 24.5 Å². The summed E-state index contributed by atoms with van der Waals surface area (Å²) in [5.41, 5.74) is 5.29. The van der Waals surface area contributed by atoms with Gasteiger partial charge in [0.15, 0.2) is 5.58 Å². The average Bonchev–Trinajstić information content (AvgIpc) is 3.32. The van der Waals surface area contributed by atoms with Crippen molar-refractivity contribution in [1.29, 1.82) is 0 Å². The van der Waals surface area contributed by atoms with Gasteiger partial charge in [-0.15, -0.1) is 0 Å². The monoisotopic (exact) mass is 388 g/mol. The van der Waals surface area contributed by atoms with Crippen molar-refractivity contribution in [2.75, 3.05) is 12.4 Å². The molecule has 1 N–H and O–H groups in total. The molecule has 0 radical (unpaired) electrons. The Hall–Kier alpha value is -3.80. The summed E-state index contributed by atoms with van der Waals surface area (Å²) in [6, 6.07) is 18.3. The average molecular weight is 388 g/mol. The van der Waals surface area contributed by atoms with Crippen LogP contribution in [0.3, 0.4) is 0 Å². The van der Waals surface area contributed by atoms with Gasteiger partial charge in [-0.25, -0.2) is 4.79 Å². The minimum atomic E-state index is -0.421. The number of benzene rings is 2. The Morgan fingerprint density at radius 1 is 1.03 bits per heavy atom. The van der Waals surface area contributed by atoms with Crippen molar-refractivity contribution >= 4 is 28.7 Å². The number of furan rings is 1. The van der Waals surface area contributed by atoms with Gasteiger partial charge in [0.25, 0.3) is 5.91 Å². The molecule has 1 amide bonds. The van der Waals surface area contributed by atoms with Gasteiger partial charge in [0.1, 0.15) is 5.69 Å². The van der Waals surface area contributed by atoms with E-state index in [1.807, 2.05) is 29.7 Å². The van der Waals surface area contributed by atoms with Gasteiger partial charge in [0, 0.05) is 24.4 Å². The highest BCUT2D eigenvalue weighted by atomic mass is 16.5. The molecular weight excluding hydrogens is 368 g/mol. The second-order valence-corrected chi connectivity index (χ2v) is 6.79. The Labute approximate surface area is 167 Å². The summed E-state index contributed by atoms with van der Waals surface area (Å²) in [5.74, 6) is -0.676. The molecule has 0 fully saturated rings. The number of nitrogens with zero attached hydrogens (tertiary/aromatic N) is 1. The second-order valence-electron chi connectivity index (χ2n) is 6.79. The van der Waals surface area contributed by atoms with Crippen molar-refractivity contribution in [2.24, 2.45) is 0 Å².